The predicted octanol–water partition coefficient (Wildman–Crippen LogP) is 4.84. The fourth-order valence-electron chi connectivity index (χ4n) is 2.88. The van der Waals surface area contributed by atoms with Crippen molar-refractivity contribution >= 4 is 15.9 Å². The zero-order chi connectivity index (χ0) is 30.8. The first-order chi connectivity index (χ1) is 16.4. The molecule has 1 aliphatic heterocycles. The van der Waals surface area contributed by atoms with Crippen molar-refractivity contribution in [3.8, 4) is 0 Å². The van der Waals surface area contributed by atoms with E-state index in [-0.39, 0.29) is 6.42 Å². The molecule has 0 N–H and O–H groups in total. The average molecular weight is 624 g/mol. The number of sulfonamides is 1. The largest absolute Gasteiger partial charge is 0.460 e. The van der Waals surface area contributed by atoms with Crippen LogP contribution in [0.2, 0.25) is 0 Å². The van der Waals surface area contributed by atoms with Gasteiger partial charge in [0.1, 0.15) is 0 Å². The summed E-state index contributed by atoms with van der Waals surface area (Å²) in [7, 11) is -7.31. The number of hydrogen-bond acceptors (Lipinski definition) is 3. The summed E-state index contributed by atoms with van der Waals surface area (Å²) in [5.41, 5.74) is 0. The molecule has 5 nitrogen and oxygen atoms in total. The van der Waals surface area contributed by atoms with E-state index >= 15 is 0 Å². The monoisotopic (exact) mass is 624 g/mol. The van der Waals surface area contributed by atoms with Crippen molar-refractivity contribution in [1.82, 2.24) is 9.21 Å². The molecule has 38 heavy (non-hydrogen) atoms. The second-order valence-electron chi connectivity index (χ2n) is 7.60. The van der Waals surface area contributed by atoms with Gasteiger partial charge in [-0.3, -0.25) is 4.79 Å². The van der Waals surface area contributed by atoms with Gasteiger partial charge in [-0.2, -0.15) is 78.9 Å². The average Bonchev–Trinajstić information content (AvgIpc) is 2.76. The number of carbonyl (C=O) groups is 1. The number of carbonyl (C=O) groups excluding carboxylic acids is 1. The van der Waals surface area contributed by atoms with Crippen LogP contribution in [0, 0.1) is 0 Å². The maximum absolute atomic E-state index is 14.2. The van der Waals surface area contributed by atoms with Gasteiger partial charge in [-0.05, 0) is 0 Å². The van der Waals surface area contributed by atoms with Crippen LogP contribution in [-0.2, 0) is 14.8 Å². The summed E-state index contributed by atoms with van der Waals surface area (Å²) < 4.78 is 250. The van der Waals surface area contributed by atoms with E-state index in [1.165, 1.54) is 6.92 Å². The maximum Gasteiger partial charge on any atom is 0.460 e. The Morgan fingerprint density at radius 1 is 0.579 bits per heavy atom. The smallest absolute Gasteiger partial charge is 0.340 e. The van der Waals surface area contributed by atoms with Crippen molar-refractivity contribution in [2.24, 2.45) is 0 Å². The lowest BCUT2D eigenvalue weighted by Gasteiger charge is -2.43. The minimum absolute atomic E-state index is 0.255. The molecule has 1 saturated heterocycles. The Kier molecular flexibility index (Phi) is 8.45. The highest BCUT2D eigenvalue weighted by Crippen LogP contribution is 2.64. The lowest BCUT2D eigenvalue weighted by molar-refractivity contribution is -0.458. The molecule has 0 unspecified atom stereocenters. The summed E-state index contributed by atoms with van der Waals surface area (Å²) in [5, 5.41) is -7.58. The molecule has 0 aromatic carbocycles. The van der Waals surface area contributed by atoms with Crippen LogP contribution in [0.25, 0.3) is 0 Å². The van der Waals surface area contributed by atoms with E-state index in [9.17, 15) is 87.8 Å². The normalized spacial score (nSPS) is 18.6. The first kappa shape index (κ1) is 34.2. The SMILES string of the molecule is CCC(=O)N1CCN(S(=O)(=O)C(F)(F)C(F)(F)C(F)(F)C(F)(F)C(F)(F)C(F)(F)C(F)(F)C(F)(F)F)CC1. The maximum atomic E-state index is 14.2. The third-order valence-corrected chi connectivity index (χ3v) is 7.20. The Balaban J connectivity index is 3.58. The van der Waals surface area contributed by atoms with Crippen molar-refractivity contribution in [3.05, 3.63) is 0 Å². The summed E-state index contributed by atoms with van der Waals surface area (Å²) >= 11 is 0. The van der Waals surface area contributed by atoms with Crippen LogP contribution in [0.5, 0.6) is 0 Å². The molecular formula is C15H13F17N2O3S. The molecule has 0 aliphatic carbocycles. The molecule has 1 heterocycles. The highest BCUT2D eigenvalue weighted by Gasteiger charge is 2.96. The summed E-state index contributed by atoms with van der Waals surface area (Å²) in [6.07, 6.45) is -8.14. The van der Waals surface area contributed by atoms with Gasteiger partial charge in [0.15, 0.2) is 0 Å². The second-order valence-corrected chi connectivity index (χ2v) is 9.58. The van der Waals surface area contributed by atoms with Crippen LogP contribution in [-0.4, -0.2) is 96.7 Å². The molecule has 0 spiro atoms. The Morgan fingerprint density at radius 2 is 0.895 bits per heavy atom. The van der Waals surface area contributed by atoms with Crippen molar-refractivity contribution in [3.63, 3.8) is 0 Å². The first-order valence-corrected chi connectivity index (χ1v) is 10.9. The van der Waals surface area contributed by atoms with Crippen LogP contribution >= 0.6 is 0 Å². The summed E-state index contributed by atoms with van der Waals surface area (Å²) in [6, 6.07) is 0. The van der Waals surface area contributed by atoms with Crippen LogP contribution < -0.4 is 0 Å². The lowest BCUT2D eigenvalue weighted by Crippen LogP contribution is -2.75. The zero-order valence-electron chi connectivity index (χ0n) is 18.0. The fourth-order valence-corrected chi connectivity index (χ4v) is 4.30. The Bertz CT molecular complexity index is 1000. The number of nitrogens with zero attached hydrogens (tertiary/aromatic N) is 2. The van der Waals surface area contributed by atoms with Crippen molar-refractivity contribution < 1.29 is 87.8 Å². The van der Waals surface area contributed by atoms with Gasteiger partial charge in [0.25, 0.3) is 10.0 Å². The van der Waals surface area contributed by atoms with E-state index in [0.717, 1.165) is 4.90 Å². The van der Waals surface area contributed by atoms with E-state index in [0.29, 0.717) is 0 Å². The van der Waals surface area contributed by atoms with Crippen LogP contribution in [0.3, 0.4) is 0 Å². The minimum Gasteiger partial charge on any atom is -0.340 e. The van der Waals surface area contributed by atoms with Crippen LogP contribution in [0.4, 0.5) is 74.6 Å². The minimum atomic E-state index is -8.87. The summed E-state index contributed by atoms with van der Waals surface area (Å²) in [6.45, 7) is -3.23. The molecule has 0 aromatic heterocycles. The molecule has 23 heteroatoms. The van der Waals surface area contributed by atoms with Gasteiger partial charge in [0.05, 0.1) is 0 Å². The first-order valence-electron chi connectivity index (χ1n) is 9.44. The molecule has 1 fully saturated rings. The molecule has 0 saturated carbocycles. The highest BCUT2D eigenvalue weighted by atomic mass is 32.2. The predicted molar refractivity (Wildman–Crippen MR) is 88.0 cm³/mol. The molecule has 0 aromatic rings. The third-order valence-electron chi connectivity index (χ3n) is 5.25. The van der Waals surface area contributed by atoms with Crippen molar-refractivity contribution in [2.75, 3.05) is 26.2 Å². The van der Waals surface area contributed by atoms with Gasteiger partial charge in [0, 0.05) is 32.6 Å². The molecule has 226 valence electrons. The van der Waals surface area contributed by atoms with E-state index in [4.69, 9.17) is 0 Å². The van der Waals surface area contributed by atoms with Gasteiger partial charge in [-0.25, -0.2) is 8.42 Å². The second kappa shape index (κ2) is 9.39. The third kappa shape index (κ3) is 4.43. The summed E-state index contributed by atoms with van der Waals surface area (Å²) in [4.78, 5) is 12.2. The molecular weight excluding hydrogens is 611 g/mol. The molecule has 0 bridgehead atoms. The van der Waals surface area contributed by atoms with Gasteiger partial charge in [-0.15, -0.1) is 0 Å². The molecule has 1 rings (SSSR count). The van der Waals surface area contributed by atoms with E-state index in [2.05, 4.69) is 0 Å². The molecule has 0 atom stereocenters. The standard InChI is InChI=1S/C15H13F17N2O3S/c1-2-7(35)33-3-5-34(6-4-33)38(36,37)15(31,32)13(26,27)11(22,23)9(18,19)8(16,17)10(20,21)12(24,25)14(28,29)30/h2-6H2,1H3. The van der Waals surface area contributed by atoms with Crippen molar-refractivity contribution in [1.29, 1.82) is 0 Å². The van der Waals surface area contributed by atoms with Gasteiger partial charge >= 0.3 is 47.0 Å². The summed E-state index contributed by atoms with van der Waals surface area (Å²) in [5.74, 6) is -52.5. The Hall–Kier alpha value is -1.81. The number of piperazine rings is 1. The number of amides is 1. The van der Waals surface area contributed by atoms with Crippen molar-refractivity contribution in [2.45, 2.75) is 60.3 Å². The van der Waals surface area contributed by atoms with E-state index < -0.39 is 93.4 Å². The number of halogens is 17. The molecule has 0 radical (unpaired) electrons. The van der Waals surface area contributed by atoms with Gasteiger partial charge in [0.2, 0.25) is 5.91 Å². The van der Waals surface area contributed by atoms with Crippen LogP contribution in [0.1, 0.15) is 13.3 Å². The number of hydrogen-bond donors (Lipinski definition) is 0. The van der Waals surface area contributed by atoms with E-state index in [1.54, 1.807) is 0 Å². The van der Waals surface area contributed by atoms with Gasteiger partial charge in [-0.1, -0.05) is 6.92 Å². The Morgan fingerprint density at radius 3 is 1.21 bits per heavy atom. The molecule has 1 aliphatic rings. The number of rotatable bonds is 9. The number of alkyl halides is 17. The molecule has 1 amide bonds. The quantitative estimate of drug-likeness (QED) is 0.346. The van der Waals surface area contributed by atoms with Crippen LogP contribution in [0.15, 0.2) is 0 Å². The van der Waals surface area contributed by atoms with Gasteiger partial charge < -0.3 is 4.90 Å². The van der Waals surface area contributed by atoms with E-state index in [1.807, 2.05) is 0 Å². The Labute approximate surface area is 200 Å². The highest BCUT2D eigenvalue weighted by molar-refractivity contribution is 7.90. The lowest BCUT2D eigenvalue weighted by atomic mass is 9.91. The zero-order valence-corrected chi connectivity index (χ0v) is 18.8. The fraction of sp³-hybridized carbons (Fsp3) is 0.933. The topological polar surface area (TPSA) is 57.7 Å².